The molecule has 0 aromatic heterocycles. The maximum Gasteiger partial charge on any atom is 0.407 e. The van der Waals surface area contributed by atoms with Crippen LogP contribution in [0.3, 0.4) is 0 Å². The molecule has 11 N–H and O–H groups in total. The number of rotatable bonds is 15. The summed E-state index contributed by atoms with van der Waals surface area (Å²) in [6.07, 6.45) is -2.56. The van der Waals surface area contributed by atoms with Gasteiger partial charge in [-0.3, -0.25) is 0 Å². The highest BCUT2D eigenvalue weighted by molar-refractivity contribution is 7.89. The number of hydrogen-bond acceptors (Lipinski definition) is 11. The predicted octanol–water partition coefficient (Wildman–Crippen LogP) is 2.56. The maximum absolute atomic E-state index is 14.1. The van der Waals surface area contributed by atoms with E-state index in [1.165, 1.54) is 12.1 Å². The number of nitrogens with zero attached hydrogens (tertiary/aromatic N) is 2. The molecule has 0 saturated carbocycles. The third-order valence-corrected chi connectivity index (χ3v) is 10.5. The van der Waals surface area contributed by atoms with E-state index in [9.17, 15) is 32.8 Å². The number of carbonyl (C=O) groups is 1. The number of nitrogens with one attached hydrogen (secondary N) is 1. The number of hydrogen-bond donors (Lipinski definition) is 3. The van der Waals surface area contributed by atoms with Crippen molar-refractivity contribution >= 4 is 23.9 Å². The Morgan fingerprint density at radius 3 is 2.41 bits per heavy atom. The van der Waals surface area contributed by atoms with E-state index in [1.807, 2.05) is 0 Å². The summed E-state index contributed by atoms with van der Waals surface area (Å²) in [7, 11) is -10.0. The lowest BCUT2D eigenvalue weighted by atomic mass is 9.88. The van der Waals surface area contributed by atoms with Gasteiger partial charge in [0.25, 0.3) is 0 Å². The SMILES string of the molecule is Cc1ccc(S(=O)(=O)N(CC(OP(=O)([O-])[O-])[C@H](Cc2ccccc2)NC(=O)OC2COC3OCCC23)CC(C)(C)CCC#N)cc1.O.[NH4+].[NH4+]. The number of quaternary nitrogens is 2. The van der Waals surface area contributed by atoms with Gasteiger partial charge in [-0.2, -0.15) is 9.57 Å². The average molecular weight is 732 g/mol. The molecule has 0 radical (unpaired) electrons. The molecular weight excluding hydrogens is 681 g/mol. The van der Waals surface area contributed by atoms with Gasteiger partial charge in [-0.15, -0.1) is 0 Å². The Morgan fingerprint density at radius 1 is 1.14 bits per heavy atom. The van der Waals surface area contributed by atoms with E-state index in [0.29, 0.717) is 25.0 Å². The summed E-state index contributed by atoms with van der Waals surface area (Å²) >= 11 is 0. The van der Waals surface area contributed by atoms with Crippen LogP contribution in [0.15, 0.2) is 59.5 Å². The number of amides is 1. The van der Waals surface area contributed by atoms with Crippen LogP contribution < -0.4 is 27.4 Å². The number of carbonyl (C=O) groups excluding carboxylic acids is 1. The third kappa shape index (κ3) is 12.7. The zero-order valence-electron chi connectivity index (χ0n) is 28.6. The van der Waals surface area contributed by atoms with Crippen molar-refractivity contribution in [2.24, 2.45) is 11.3 Å². The number of aryl methyl sites for hydroxylation is 1. The second-order valence-corrected chi connectivity index (χ2v) is 15.5. The number of fused-ring (bicyclic) bond motifs is 1. The smallest absolute Gasteiger partial charge is 0.407 e. The van der Waals surface area contributed by atoms with Gasteiger partial charge < -0.3 is 56.2 Å². The number of sulfonamides is 1. The van der Waals surface area contributed by atoms with Gasteiger partial charge in [0, 0.05) is 19.5 Å². The van der Waals surface area contributed by atoms with E-state index in [2.05, 4.69) is 11.4 Å². The van der Waals surface area contributed by atoms with Crippen molar-refractivity contribution < 1.29 is 51.8 Å². The Labute approximate surface area is 287 Å². The van der Waals surface area contributed by atoms with Gasteiger partial charge in [-0.05, 0) is 49.3 Å². The molecule has 49 heavy (non-hydrogen) atoms. The highest BCUT2D eigenvalue weighted by Crippen LogP contribution is 2.35. The molecule has 0 spiro atoms. The number of alkyl carbamates (subject to hydrolysis) is 1. The molecule has 0 bridgehead atoms. The quantitative estimate of drug-likeness (QED) is 0.224. The molecule has 1 amide bonds. The Bertz CT molecular complexity index is 1520. The standard InChI is InChI=1S/C31H42N3O10PS.2H3N.H2O/c1-22-10-12-24(13-11-22)46(39,40)34(21-31(2,3)15-7-16-32)19-27(44-45(36,37)38)26(18-23-8-5-4-6-9-23)33-30(35)43-28-20-42-29-25(28)14-17-41-29;;;/h4-6,8-13,25-29H,7,14-15,17-21H2,1-3H3,(H,33,35)(H2,36,37,38);2*1H3;1H2/t25?,26-,27?,28?,29?;;;/m0.../s1. The second kappa shape index (κ2) is 18.9. The molecule has 4 unspecified atom stereocenters. The highest BCUT2D eigenvalue weighted by atomic mass is 32.2. The minimum Gasteiger partial charge on any atom is -0.790 e. The normalized spacial score (nSPS) is 20.1. The largest absolute Gasteiger partial charge is 0.790 e. The van der Waals surface area contributed by atoms with Crippen LogP contribution in [0.25, 0.3) is 0 Å². The summed E-state index contributed by atoms with van der Waals surface area (Å²) in [4.78, 5) is 37.5. The zero-order valence-corrected chi connectivity index (χ0v) is 30.3. The summed E-state index contributed by atoms with van der Waals surface area (Å²) in [6.45, 7) is 5.20. The van der Waals surface area contributed by atoms with Gasteiger partial charge in [0.15, 0.2) is 6.29 Å². The van der Waals surface area contributed by atoms with E-state index in [-0.39, 0.29) is 54.6 Å². The maximum atomic E-state index is 14.1. The number of phosphoric ester groups is 1. The number of benzene rings is 2. The number of phosphoric acid groups is 1. The first-order valence-corrected chi connectivity index (χ1v) is 18.0. The molecule has 2 fully saturated rings. The molecule has 2 saturated heterocycles. The van der Waals surface area contributed by atoms with Crippen molar-refractivity contribution in [2.45, 2.75) is 75.9 Å². The molecule has 2 aliphatic heterocycles. The molecule has 2 aromatic carbocycles. The Morgan fingerprint density at radius 2 is 1.80 bits per heavy atom. The first-order chi connectivity index (χ1) is 21.7. The molecule has 2 aromatic rings. The van der Waals surface area contributed by atoms with E-state index < -0.39 is 60.4 Å². The van der Waals surface area contributed by atoms with Gasteiger partial charge in [-0.1, -0.05) is 61.9 Å². The summed E-state index contributed by atoms with van der Waals surface area (Å²) in [5.41, 5.74) is 0.748. The van der Waals surface area contributed by atoms with Crippen LogP contribution in [0.2, 0.25) is 0 Å². The first-order valence-electron chi connectivity index (χ1n) is 15.1. The van der Waals surface area contributed by atoms with Crippen LogP contribution >= 0.6 is 7.82 Å². The zero-order chi connectivity index (χ0) is 33.5. The minimum atomic E-state index is -5.72. The van der Waals surface area contributed by atoms with Gasteiger partial charge in [0.1, 0.15) is 6.10 Å². The van der Waals surface area contributed by atoms with E-state index in [1.54, 1.807) is 63.2 Å². The van der Waals surface area contributed by atoms with Crippen molar-refractivity contribution in [1.82, 2.24) is 21.9 Å². The fourth-order valence-electron chi connectivity index (χ4n) is 5.67. The minimum absolute atomic E-state index is 0. The Hall–Kier alpha value is -2.98. The van der Waals surface area contributed by atoms with Crippen molar-refractivity contribution in [2.75, 3.05) is 26.3 Å². The van der Waals surface area contributed by atoms with Crippen molar-refractivity contribution in [3.8, 4) is 6.07 Å². The fraction of sp³-hybridized carbons (Fsp3) is 0.548. The monoisotopic (exact) mass is 731 g/mol. The Kier molecular flexibility index (Phi) is 16.9. The molecule has 0 aliphatic carbocycles. The molecule has 276 valence electrons. The lowest BCUT2D eigenvalue weighted by Crippen LogP contribution is -2.53. The van der Waals surface area contributed by atoms with Crippen LogP contribution in [-0.4, -0.2) is 75.1 Å². The molecule has 16 nitrogen and oxygen atoms in total. The number of nitriles is 1. The molecule has 2 aliphatic rings. The summed E-state index contributed by atoms with van der Waals surface area (Å²) in [5.74, 6) is -0.167. The highest BCUT2D eigenvalue weighted by Gasteiger charge is 2.44. The molecular formula is C31H50N5O11PS. The summed E-state index contributed by atoms with van der Waals surface area (Å²) in [5, 5.41) is 11.8. The van der Waals surface area contributed by atoms with Crippen molar-refractivity contribution in [3.05, 3.63) is 65.7 Å². The molecule has 2 heterocycles. The lowest BCUT2D eigenvalue weighted by Gasteiger charge is -2.40. The summed E-state index contributed by atoms with van der Waals surface area (Å²) < 4.78 is 63.1. The van der Waals surface area contributed by atoms with E-state index in [0.717, 1.165) is 9.87 Å². The van der Waals surface area contributed by atoms with Crippen molar-refractivity contribution in [3.63, 3.8) is 0 Å². The predicted molar refractivity (Wildman–Crippen MR) is 178 cm³/mol. The van der Waals surface area contributed by atoms with Crippen LogP contribution in [0.5, 0.6) is 0 Å². The second-order valence-electron chi connectivity index (χ2n) is 12.4. The van der Waals surface area contributed by atoms with Crippen LogP contribution in [0, 0.1) is 29.6 Å². The van der Waals surface area contributed by atoms with Gasteiger partial charge in [0.05, 0.1) is 50.1 Å². The van der Waals surface area contributed by atoms with E-state index >= 15 is 0 Å². The third-order valence-electron chi connectivity index (χ3n) is 8.12. The fourth-order valence-corrected chi connectivity index (χ4v) is 7.86. The Balaban J connectivity index is 0.00000400. The van der Waals surface area contributed by atoms with Crippen LogP contribution in [0.1, 0.15) is 44.2 Å². The van der Waals surface area contributed by atoms with E-state index in [4.69, 9.17) is 18.7 Å². The van der Waals surface area contributed by atoms with Crippen LogP contribution in [0.4, 0.5) is 4.79 Å². The molecule has 4 rings (SSSR count). The summed E-state index contributed by atoms with van der Waals surface area (Å²) in [6, 6.07) is 15.7. The first kappa shape index (κ1) is 44.0. The van der Waals surface area contributed by atoms with Gasteiger partial charge >= 0.3 is 6.09 Å². The lowest BCUT2D eigenvalue weighted by molar-refractivity contribution is -0.345. The topological polar surface area (TPSA) is 295 Å². The van der Waals surface area contributed by atoms with Crippen molar-refractivity contribution in [1.29, 1.82) is 5.26 Å². The van der Waals surface area contributed by atoms with Gasteiger partial charge in [-0.25, -0.2) is 13.2 Å². The van der Waals surface area contributed by atoms with Crippen LogP contribution in [-0.2, 0) is 39.7 Å². The number of ether oxygens (including phenoxy) is 3. The van der Waals surface area contributed by atoms with Gasteiger partial charge in [0.2, 0.25) is 10.0 Å². The molecule has 18 heteroatoms. The average Bonchev–Trinajstić information content (AvgIpc) is 3.60. The molecule has 5 atom stereocenters.